The normalized spacial score (nSPS) is 17.5. The van der Waals surface area contributed by atoms with Crippen LogP contribution in [0.3, 0.4) is 0 Å². The Morgan fingerprint density at radius 2 is 1.84 bits per heavy atom. The summed E-state index contributed by atoms with van der Waals surface area (Å²) in [4.78, 5) is 0. The molecule has 2 rings (SSSR count). The molecule has 1 aromatic rings. The van der Waals surface area contributed by atoms with Crippen LogP contribution in [0.5, 0.6) is 0 Å². The van der Waals surface area contributed by atoms with Crippen molar-refractivity contribution in [2.75, 3.05) is 5.32 Å². The molecule has 0 amide bonds. The highest BCUT2D eigenvalue weighted by Crippen LogP contribution is 2.36. The molecule has 0 atom stereocenters. The van der Waals surface area contributed by atoms with Crippen molar-refractivity contribution in [2.45, 2.75) is 50.9 Å². The first-order valence-electron chi connectivity index (χ1n) is 6.67. The van der Waals surface area contributed by atoms with E-state index in [9.17, 15) is 13.2 Å². The van der Waals surface area contributed by atoms with Crippen LogP contribution in [-0.4, -0.2) is 6.04 Å². The van der Waals surface area contributed by atoms with E-state index in [0.29, 0.717) is 5.56 Å². The largest absolute Gasteiger partial charge is 0.418 e. The van der Waals surface area contributed by atoms with Crippen LogP contribution in [0, 0.1) is 0 Å². The number of hydrogen-bond acceptors (Lipinski definition) is 2. The minimum Gasteiger partial charge on any atom is -0.382 e. The van der Waals surface area contributed by atoms with Crippen LogP contribution >= 0.6 is 0 Å². The maximum atomic E-state index is 13.0. The molecule has 0 unspecified atom stereocenters. The molecule has 3 N–H and O–H groups in total. The van der Waals surface area contributed by atoms with Gasteiger partial charge in [-0.3, -0.25) is 0 Å². The van der Waals surface area contributed by atoms with E-state index in [-0.39, 0.29) is 18.3 Å². The highest BCUT2D eigenvalue weighted by molar-refractivity contribution is 5.55. The molecule has 19 heavy (non-hydrogen) atoms. The summed E-state index contributed by atoms with van der Waals surface area (Å²) in [6, 6.07) is 4.45. The second kappa shape index (κ2) is 5.82. The Kier molecular flexibility index (Phi) is 4.34. The molecule has 2 nitrogen and oxygen atoms in total. The molecule has 1 saturated carbocycles. The summed E-state index contributed by atoms with van der Waals surface area (Å²) < 4.78 is 39.1. The molecule has 0 saturated heterocycles. The van der Waals surface area contributed by atoms with E-state index in [4.69, 9.17) is 5.73 Å². The van der Waals surface area contributed by atoms with Gasteiger partial charge in [0, 0.05) is 18.3 Å². The van der Waals surface area contributed by atoms with Gasteiger partial charge in [0.15, 0.2) is 0 Å². The van der Waals surface area contributed by atoms with Crippen molar-refractivity contribution in [3.05, 3.63) is 29.3 Å². The maximum Gasteiger partial charge on any atom is 0.418 e. The van der Waals surface area contributed by atoms with Crippen LogP contribution in [0.2, 0.25) is 0 Å². The Morgan fingerprint density at radius 3 is 2.42 bits per heavy atom. The molecule has 0 heterocycles. The molecule has 106 valence electrons. The van der Waals surface area contributed by atoms with Crippen molar-refractivity contribution in [1.29, 1.82) is 0 Å². The van der Waals surface area contributed by atoms with Crippen molar-refractivity contribution in [3.63, 3.8) is 0 Å². The lowest BCUT2D eigenvalue weighted by molar-refractivity contribution is -0.137. The highest BCUT2D eigenvalue weighted by Gasteiger charge is 2.34. The predicted molar refractivity (Wildman–Crippen MR) is 69.8 cm³/mol. The van der Waals surface area contributed by atoms with Crippen LogP contribution < -0.4 is 11.1 Å². The second-order valence-corrected chi connectivity index (χ2v) is 5.06. The Labute approximate surface area is 111 Å². The van der Waals surface area contributed by atoms with Gasteiger partial charge in [-0.2, -0.15) is 13.2 Å². The topological polar surface area (TPSA) is 38.0 Å². The fourth-order valence-electron chi connectivity index (χ4n) is 2.55. The molecule has 0 spiro atoms. The molecule has 0 radical (unpaired) electrons. The standard InChI is InChI=1S/C14H19F3N2/c15-14(16,17)12-8-10(9-18)6-7-13(12)19-11-4-2-1-3-5-11/h6-8,11,19H,1-5,9,18H2. The Balaban J connectivity index is 2.23. The maximum absolute atomic E-state index is 13.0. The summed E-state index contributed by atoms with van der Waals surface area (Å²) in [5.74, 6) is 0. The number of hydrogen-bond donors (Lipinski definition) is 2. The number of nitrogens with two attached hydrogens (primary N) is 1. The third-order valence-electron chi connectivity index (χ3n) is 3.59. The summed E-state index contributed by atoms with van der Waals surface area (Å²) in [6.45, 7) is 0.118. The zero-order valence-corrected chi connectivity index (χ0v) is 10.8. The van der Waals surface area contributed by atoms with E-state index in [2.05, 4.69) is 5.32 Å². The average molecular weight is 272 g/mol. The summed E-state index contributed by atoms with van der Waals surface area (Å²) in [7, 11) is 0. The smallest absolute Gasteiger partial charge is 0.382 e. The van der Waals surface area contributed by atoms with E-state index in [1.165, 1.54) is 12.5 Å². The summed E-state index contributed by atoms with van der Waals surface area (Å²) in [5.41, 5.74) is 5.48. The summed E-state index contributed by atoms with van der Waals surface area (Å²) in [6.07, 6.45) is 0.879. The monoisotopic (exact) mass is 272 g/mol. The first-order chi connectivity index (χ1) is 9.00. The van der Waals surface area contributed by atoms with E-state index in [1.54, 1.807) is 6.07 Å². The number of nitrogens with one attached hydrogen (secondary N) is 1. The van der Waals surface area contributed by atoms with Gasteiger partial charge in [0.1, 0.15) is 0 Å². The van der Waals surface area contributed by atoms with Gasteiger partial charge in [-0.25, -0.2) is 0 Å². The zero-order chi connectivity index (χ0) is 13.9. The molecule has 1 aromatic carbocycles. The third-order valence-corrected chi connectivity index (χ3v) is 3.59. The second-order valence-electron chi connectivity index (χ2n) is 5.06. The lowest BCUT2D eigenvalue weighted by atomic mass is 9.95. The van der Waals surface area contributed by atoms with Gasteiger partial charge >= 0.3 is 6.18 Å². The quantitative estimate of drug-likeness (QED) is 0.875. The zero-order valence-electron chi connectivity index (χ0n) is 10.8. The van der Waals surface area contributed by atoms with Crippen molar-refractivity contribution >= 4 is 5.69 Å². The Bertz CT molecular complexity index is 423. The summed E-state index contributed by atoms with van der Waals surface area (Å²) in [5, 5.41) is 3.05. The van der Waals surface area contributed by atoms with Gasteiger partial charge in [0.25, 0.3) is 0 Å². The number of rotatable bonds is 3. The summed E-state index contributed by atoms with van der Waals surface area (Å²) >= 11 is 0. The number of halogens is 3. The van der Waals surface area contributed by atoms with Crippen LogP contribution in [0.4, 0.5) is 18.9 Å². The van der Waals surface area contributed by atoms with Gasteiger partial charge in [0.2, 0.25) is 0 Å². The minimum absolute atomic E-state index is 0.118. The van der Waals surface area contributed by atoms with Gasteiger partial charge in [-0.05, 0) is 30.5 Å². The van der Waals surface area contributed by atoms with E-state index < -0.39 is 11.7 Å². The van der Waals surface area contributed by atoms with Crippen molar-refractivity contribution in [2.24, 2.45) is 5.73 Å². The molecule has 5 heteroatoms. The molecular formula is C14H19F3N2. The van der Waals surface area contributed by atoms with Gasteiger partial charge < -0.3 is 11.1 Å². The van der Waals surface area contributed by atoms with Gasteiger partial charge in [-0.1, -0.05) is 25.3 Å². The molecule has 1 aliphatic carbocycles. The van der Waals surface area contributed by atoms with Crippen LogP contribution in [-0.2, 0) is 12.7 Å². The number of alkyl halides is 3. The van der Waals surface area contributed by atoms with E-state index in [1.807, 2.05) is 0 Å². The SMILES string of the molecule is NCc1ccc(NC2CCCCC2)c(C(F)(F)F)c1. The molecule has 0 aliphatic heterocycles. The van der Waals surface area contributed by atoms with Gasteiger partial charge in [-0.15, -0.1) is 0 Å². The van der Waals surface area contributed by atoms with Gasteiger partial charge in [0.05, 0.1) is 5.56 Å². The third kappa shape index (κ3) is 3.62. The average Bonchev–Trinajstić information content (AvgIpc) is 2.39. The molecule has 1 fully saturated rings. The fourth-order valence-corrected chi connectivity index (χ4v) is 2.55. The molecule has 0 bridgehead atoms. The Morgan fingerprint density at radius 1 is 1.16 bits per heavy atom. The van der Waals surface area contributed by atoms with Crippen molar-refractivity contribution < 1.29 is 13.2 Å². The molecule has 0 aromatic heterocycles. The van der Waals surface area contributed by atoms with E-state index >= 15 is 0 Å². The van der Waals surface area contributed by atoms with Crippen LogP contribution in [0.15, 0.2) is 18.2 Å². The van der Waals surface area contributed by atoms with Crippen molar-refractivity contribution in [3.8, 4) is 0 Å². The van der Waals surface area contributed by atoms with E-state index in [0.717, 1.165) is 31.7 Å². The Hall–Kier alpha value is -1.23. The predicted octanol–water partition coefficient (Wildman–Crippen LogP) is 3.91. The highest BCUT2D eigenvalue weighted by atomic mass is 19.4. The van der Waals surface area contributed by atoms with Crippen molar-refractivity contribution in [1.82, 2.24) is 0 Å². The van der Waals surface area contributed by atoms with Crippen LogP contribution in [0.25, 0.3) is 0 Å². The first-order valence-corrected chi connectivity index (χ1v) is 6.67. The molecular weight excluding hydrogens is 253 g/mol. The lowest BCUT2D eigenvalue weighted by Gasteiger charge is -2.26. The number of anilines is 1. The first kappa shape index (κ1) is 14.2. The lowest BCUT2D eigenvalue weighted by Crippen LogP contribution is -2.24. The molecule has 1 aliphatic rings. The number of benzene rings is 1. The van der Waals surface area contributed by atoms with Crippen LogP contribution in [0.1, 0.15) is 43.2 Å². The fraction of sp³-hybridized carbons (Fsp3) is 0.571. The minimum atomic E-state index is -4.35.